The van der Waals surface area contributed by atoms with Crippen LogP contribution in [0.1, 0.15) is 19.4 Å². The zero-order valence-corrected chi connectivity index (χ0v) is 14.9. The van der Waals surface area contributed by atoms with Gasteiger partial charge in [-0.15, -0.1) is 0 Å². The molecule has 0 unspecified atom stereocenters. The Bertz CT molecular complexity index is 849. The number of rotatable bonds is 7. The minimum absolute atomic E-state index is 0.0184. The second-order valence-electron chi connectivity index (χ2n) is 5.16. The number of hydrogen-bond donors (Lipinski definition) is 1. The molecule has 0 bridgehead atoms. The summed E-state index contributed by atoms with van der Waals surface area (Å²) in [5, 5.41) is 0. The van der Waals surface area contributed by atoms with Gasteiger partial charge in [0.15, 0.2) is 11.5 Å². The monoisotopic (exact) mass is 389 g/mol. The molecular weight excluding hydrogens is 371 g/mol. The Hall–Kier alpha value is -2.42. The predicted molar refractivity (Wildman–Crippen MR) is 91.0 cm³/mol. The van der Waals surface area contributed by atoms with E-state index in [1.165, 1.54) is 18.2 Å². The van der Waals surface area contributed by atoms with E-state index in [4.69, 9.17) is 9.47 Å². The summed E-state index contributed by atoms with van der Waals surface area (Å²) in [6.45, 7) is 4.23. The van der Waals surface area contributed by atoms with Crippen LogP contribution in [0.25, 0.3) is 0 Å². The van der Waals surface area contributed by atoms with Crippen molar-refractivity contribution in [1.29, 1.82) is 0 Å². The minimum atomic E-state index is -4.49. The van der Waals surface area contributed by atoms with Crippen LogP contribution in [-0.4, -0.2) is 21.6 Å². The molecule has 1 N–H and O–H groups in total. The molecule has 26 heavy (non-hydrogen) atoms. The summed E-state index contributed by atoms with van der Waals surface area (Å²) < 4.78 is 75.7. The van der Waals surface area contributed by atoms with E-state index in [0.717, 1.165) is 24.3 Å². The first-order valence-electron chi connectivity index (χ1n) is 7.77. The molecule has 0 heterocycles. The van der Waals surface area contributed by atoms with E-state index in [9.17, 15) is 21.6 Å². The van der Waals surface area contributed by atoms with E-state index in [1.54, 1.807) is 13.8 Å². The van der Waals surface area contributed by atoms with Gasteiger partial charge in [-0.2, -0.15) is 13.2 Å². The van der Waals surface area contributed by atoms with Gasteiger partial charge in [0, 0.05) is 11.8 Å². The normalized spacial score (nSPS) is 11.9. The number of benzene rings is 2. The van der Waals surface area contributed by atoms with Crippen LogP contribution in [0.3, 0.4) is 0 Å². The molecule has 0 aromatic heterocycles. The Morgan fingerprint density at radius 2 is 1.50 bits per heavy atom. The number of sulfonamides is 1. The van der Waals surface area contributed by atoms with Gasteiger partial charge in [0.25, 0.3) is 10.0 Å². The van der Waals surface area contributed by atoms with Crippen molar-refractivity contribution < 1.29 is 31.1 Å². The SMILES string of the molecule is CCOc1ccc(S(=O)(=O)Nc2ccc(C(F)(F)F)cc2)cc1OCC. The summed E-state index contributed by atoms with van der Waals surface area (Å²) in [5.41, 5.74) is -0.843. The predicted octanol–water partition coefficient (Wildman–Crippen LogP) is 4.30. The summed E-state index contributed by atoms with van der Waals surface area (Å²) in [4.78, 5) is -0.0932. The highest BCUT2D eigenvalue weighted by molar-refractivity contribution is 7.92. The third kappa shape index (κ3) is 4.81. The van der Waals surface area contributed by atoms with E-state index in [-0.39, 0.29) is 16.3 Å². The molecule has 0 fully saturated rings. The Balaban J connectivity index is 2.28. The van der Waals surface area contributed by atoms with Gasteiger partial charge in [-0.1, -0.05) is 0 Å². The van der Waals surface area contributed by atoms with Gasteiger partial charge in [0.1, 0.15) is 0 Å². The lowest BCUT2D eigenvalue weighted by atomic mass is 10.2. The van der Waals surface area contributed by atoms with E-state index < -0.39 is 21.8 Å². The second kappa shape index (κ2) is 7.86. The van der Waals surface area contributed by atoms with Crippen molar-refractivity contribution >= 4 is 15.7 Å². The average molecular weight is 389 g/mol. The fourth-order valence-corrected chi connectivity index (χ4v) is 3.21. The summed E-state index contributed by atoms with van der Waals surface area (Å²) in [7, 11) is -4.00. The molecule has 0 saturated carbocycles. The second-order valence-corrected chi connectivity index (χ2v) is 6.84. The van der Waals surface area contributed by atoms with Crippen molar-refractivity contribution in [3.05, 3.63) is 48.0 Å². The lowest BCUT2D eigenvalue weighted by Crippen LogP contribution is -2.14. The molecule has 5 nitrogen and oxygen atoms in total. The molecule has 0 atom stereocenters. The maximum atomic E-state index is 12.6. The largest absolute Gasteiger partial charge is 0.490 e. The van der Waals surface area contributed by atoms with Crippen molar-refractivity contribution in [2.75, 3.05) is 17.9 Å². The summed E-state index contributed by atoms with van der Waals surface area (Å²) in [6.07, 6.45) is -4.49. The van der Waals surface area contributed by atoms with E-state index in [1.807, 2.05) is 0 Å². The first kappa shape index (κ1) is 19.9. The van der Waals surface area contributed by atoms with Gasteiger partial charge in [0.05, 0.1) is 23.7 Å². The smallest absolute Gasteiger partial charge is 0.416 e. The van der Waals surface area contributed by atoms with Gasteiger partial charge in [-0.25, -0.2) is 8.42 Å². The number of nitrogens with one attached hydrogen (secondary N) is 1. The molecule has 2 aromatic rings. The Labute approximate surface area is 149 Å². The molecule has 0 amide bonds. The highest BCUT2D eigenvalue weighted by Gasteiger charge is 2.30. The minimum Gasteiger partial charge on any atom is -0.490 e. The van der Waals surface area contributed by atoms with E-state index in [0.29, 0.717) is 19.0 Å². The summed E-state index contributed by atoms with van der Waals surface area (Å²) >= 11 is 0. The molecule has 0 spiro atoms. The molecule has 9 heteroatoms. The Morgan fingerprint density at radius 1 is 0.923 bits per heavy atom. The highest BCUT2D eigenvalue weighted by atomic mass is 32.2. The number of halogens is 3. The van der Waals surface area contributed by atoms with Crippen LogP contribution in [0.4, 0.5) is 18.9 Å². The zero-order valence-electron chi connectivity index (χ0n) is 14.1. The van der Waals surface area contributed by atoms with Crippen molar-refractivity contribution in [2.45, 2.75) is 24.9 Å². The van der Waals surface area contributed by atoms with Crippen molar-refractivity contribution in [1.82, 2.24) is 0 Å². The number of alkyl halides is 3. The van der Waals surface area contributed by atoms with Crippen LogP contribution >= 0.6 is 0 Å². The molecule has 0 aliphatic rings. The number of hydrogen-bond acceptors (Lipinski definition) is 4. The van der Waals surface area contributed by atoms with Crippen LogP contribution in [0, 0.1) is 0 Å². The van der Waals surface area contributed by atoms with Crippen molar-refractivity contribution in [3.63, 3.8) is 0 Å². The van der Waals surface area contributed by atoms with Crippen LogP contribution in [0.15, 0.2) is 47.4 Å². The molecule has 0 radical (unpaired) electrons. The lowest BCUT2D eigenvalue weighted by molar-refractivity contribution is -0.137. The van der Waals surface area contributed by atoms with Crippen molar-refractivity contribution in [2.24, 2.45) is 0 Å². The first-order chi connectivity index (χ1) is 12.2. The third-order valence-corrected chi connectivity index (χ3v) is 4.67. The third-order valence-electron chi connectivity index (χ3n) is 3.29. The van der Waals surface area contributed by atoms with E-state index >= 15 is 0 Å². The quantitative estimate of drug-likeness (QED) is 0.767. The van der Waals surface area contributed by atoms with Gasteiger partial charge in [-0.3, -0.25) is 4.72 Å². The summed E-state index contributed by atoms with van der Waals surface area (Å²) in [6, 6.07) is 7.83. The topological polar surface area (TPSA) is 64.6 Å². The molecule has 2 rings (SSSR count). The maximum Gasteiger partial charge on any atom is 0.416 e. The van der Waals surface area contributed by atoms with Crippen LogP contribution < -0.4 is 14.2 Å². The van der Waals surface area contributed by atoms with Gasteiger partial charge in [0.2, 0.25) is 0 Å². The zero-order chi connectivity index (χ0) is 19.4. The van der Waals surface area contributed by atoms with Gasteiger partial charge in [-0.05, 0) is 50.2 Å². The van der Waals surface area contributed by atoms with Crippen LogP contribution in [0.2, 0.25) is 0 Å². The molecule has 142 valence electrons. The van der Waals surface area contributed by atoms with Crippen molar-refractivity contribution in [3.8, 4) is 11.5 Å². The average Bonchev–Trinajstić information content (AvgIpc) is 2.56. The number of ether oxygens (including phenoxy) is 2. The highest BCUT2D eigenvalue weighted by Crippen LogP contribution is 2.32. The van der Waals surface area contributed by atoms with Crippen LogP contribution in [0.5, 0.6) is 11.5 Å². The molecular formula is C17H18F3NO4S. The fraction of sp³-hybridized carbons (Fsp3) is 0.294. The Kier molecular flexibility index (Phi) is 6.01. The molecule has 0 aliphatic heterocycles. The fourth-order valence-electron chi connectivity index (χ4n) is 2.14. The molecule has 2 aromatic carbocycles. The number of anilines is 1. The van der Waals surface area contributed by atoms with Gasteiger partial charge >= 0.3 is 6.18 Å². The maximum absolute atomic E-state index is 12.6. The Morgan fingerprint density at radius 3 is 2.04 bits per heavy atom. The summed E-state index contributed by atoms with van der Waals surface area (Å²) in [5.74, 6) is 0.674. The molecule has 0 aliphatic carbocycles. The van der Waals surface area contributed by atoms with Gasteiger partial charge < -0.3 is 9.47 Å². The van der Waals surface area contributed by atoms with Crippen LogP contribution in [-0.2, 0) is 16.2 Å². The van der Waals surface area contributed by atoms with E-state index in [2.05, 4.69) is 4.72 Å². The lowest BCUT2D eigenvalue weighted by Gasteiger charge is -2.14. The standard InChI is InChI=1S/C17H18F3NO4S/c1-3-24-15-10-9-14(11-16(15)25-4-2)26(22,23)21-13-7-5-12(6-8-13)17(18,19)20/h5-11,21H,3-4H2,1-2H3. The molecule has 0 saturated heterocycles. The first-order valence-corrected chi connectivity index (χ1v) is 9.25.